The molecule has 0 aliphatic carbocycles. The molecule has 0 spiro atoms. The van der Waals surface area contributed by atoms with E-state index in [-0.39, 0.29) is 6.04 Å². The predicted molar refractivity (Wildman–Crippen MR) is 86.5 cm³/mol. The molecule has 0 radical (unpaired) electrons. The first-order valence-electron chi connectivity index (χ1n) is 7.12. The van der Waals surface area contributed by atoms with Crippen molar-refractivity contribution in [2.24, 2.45) is 4.99 Å². The number of hydrogen-bond acceptors (Lipinski definition) is 4. The highest BCUT2D eigenvalue weighted by atomic mass is 32.1. The van der Waals surface area contributed by atoms with Crippen molar-refractivity contribution >= 4 is 17.3 Å². The summed E-state index contributed by atoms with van der Waals surface area (Å²) in [5.74, 6) is 0.847. The molecule has 2 heterocycles. The van der Waals surface area contributed by atoms with Crippen LogP contribution >= 0.6 is 11.3 Å². The van der Waals surface area contributed by atoms with E-state index in [9.17, 15) is 0 Å². The van der Waals surface area contributed by atoms with Crippen LogP contribution in [0.1, 0.15) is 30.7 Å². The summed E-state index contributed by atoms with van der Waals surface area (Å²) < 4.78 is 1.99. The van der Waals surface area contributed by atoms with Gasteiger partial charge in [0.05, 0.1) is 6.04 Å². The normalized spacial score (nSPS) is 13.1. The number of hydrogen-bond donors (Lipinski definition) is 2. The van der Waals surface area contributed by atoms with Gasteiger partial charge in [-0.1, -0.05) is 6.07 Å². The number of guanidine groups is 1. The van der Waals surface area contributed by atoms with E-state index in [0.717, 1.165) is 31.9 Å². The largest absolute Gasteiger partial charge is 0.356 e. The molecule has 0 aliphatic rings. The summed E-state index contributed by atoms with van der Waals surface area (Å²) in [5.41, 5.74) is 0. The zero-order valence-corrected chi connectivity index (χ0v) is 13.3. The molecule has 0 bridgehead atoms. The number of nitrogens with zero attached hydrogens (tertiary/aromatic N) is 4. The standard InChI is InChI=1S/C14H22N6S/c1-12(13-6-5-9-21-13)19-14(15-2)16-7-3-4-8-20-10-17-18-11-20/h5-6,9-12H,3-4,7-8H2,1-2H3,(H2,15,16,19). The minimum absolute atomic E-state index is 0.272. The van der Waals surface area contributed by atoms with Crippen LogP contribution in [0, 0.1) is 0 Å². The highest BCUT2D eigenvalue weighted by molar-refractivity contribution is 7.10. The van der Waals surface area contributed by atoms with Crippen molar-refractivity contribution in [3.05, 3.63) is 35.0 Å². The van der Waals surface area contributed by atoms with Gasteiger partial charge in [0.25, 0.3) is 0 Å². The van der Waals surface area contributed by atoms with Gasteiger partial charge in [0.2, 0.25) is 0 Å². The molecule has 2 aromatic rings. The van der Waals surface area contributed by atoms with E-state index >= 15 is 0 Å². The molecule has 0 aliphatic heterocycles. The lowest BCUT2D eigenvalue weighted by Gasteiger charge is -2.16. The van der Waals surface area contributed by atoms with Crippen LogP contribution in [0.2, 0.25) is 0 Å². The number of aromatic nitrogens is 3. The van der Waals surface area contributed by atoms with E-state index in [1.807, 2.05) is 4.57 Å². The molecule has 0 saturated carbocycles. The van der Waals surface area contributed by atoms with Crippen molar-refractivity contribution in [2.75, 3.05) is 13.6 Å². The van der Waals surface area contributed by atoms with Gasteiger partial charge in [-0.15, -0.1) is 21.5 Å². The fraction of sp³-hybridized carbons (Fsp3) is 0.500. The lowest BCUT2D eigenvalue weighted by molar-refractivity contribution is 0.594. The molecule has 0 fully saturated rings. The van der Waals surface area contributed by atoms with Crippen LogP contribution in [0.3, 0.4) is 0 Å². The lowest BCUT2D eigenvalue weighted by Crippen LogP contribution is -2.38. The number of rotatable bonds is 7. The number of aliphatic imine (C=N–C) groups is 1. The van der Waals surface area contributed by atoms with Gasteiger partial charge >= 0.3 is 0 Å². The molecule has 2 aromatic heterocycles. The average Bonchev–Trinajstić information content (AvgIpc) is 3.18. The van der Waals surface area contributed by atoms with Crippen molar-refractivity contribution in [2.45, 2.75) is 32.4 Å². The van der Waals surface area contributed by atoms with Gasteiger partial charge in [-0.25, -0.2) is 0 Å². The molecular weight excluding hydrogens is 284 g/mol. The molecule has 114 valence electrons. The van der Waals surface area contributed by atoms with Crippen LogP contribution in [0.25, 0.3) is 0 Å². The Morgan fingerprint density at radius 1 is 1.38 bits per heavy atom. The Balaban J connectivity index is 1.63. The Hall–Kier alpha value is -1.89. The molecule has 0 amide bonds. The van der Waals surface area contributed by atoms with Crippen molar-refractivity contribution in [1.29, 1.82) is 0 Å². The third kappa shape index (κ3) is 5.18. The zero-order valence-electron chi connectivity index (χ0n) is 12.5. The molecule has 7 heteroatoms. The smallest absolute Gasteiger partial charge is 0.191 e. The summed E-state index contributed by atoms with van der Waals surface area (Å²) in [6.45, 7) is 4.00. The molecule has 21 heavy (non-hydrogen) atoms. The van der Waals surface area contributed by atoms with E-state index in [2.05, 4.69) is 50.3 Å². The summed E-state index contributed by atoms with van der Waals surface area (Å²) in [5, 5.41) is 16.4. The SMILES string of the molecule is CN=C(NCCCCn1cnnc1)NC(C)c1cccs1. The first-order chi connectivity index (χ1) is 10.3. The second-order valence-corrected chi connectivity index (χ2v) is 5.77. The Morgan fingerprint density at radius 3 is 2.86 bits per heavy atom. The minimum atomic E-state index is 0.272. The van der Waals surface area contributed by atoms with Gasteiger partial charge in [0.1, 0.15) is 12.7 Å². The monoisotopic (exact) mass is 306 g/mol. The van der Waals surface area contributed by atoms with Crippen molar-refractivity contribution in [3.63, 3.8) is 0 Å². The maximum Gasteiger partial charge on any atom is 0.191 e. The van der Waals surface area contributed by atoms with E-state index in [1.165, 1.54) is 4.88 Å². The quantitative estimate of drug-likeness (QED) is 0.467. The van der Waals surface area contributed by atoms with Gasteiger partial charge in [-0.2, -0.15) is 0 Å². The Labute approximate surface area is 129 Å². The second kappa shape index (κ2) is 8.41. The minimum Gasteiger partial charge on any atom is -0.356 e. The summed E-state index contributed by atoms with van der Waals surface area (Å²) >= 11 is 1.75. The number of nitrogens with one attached hydrogen (secondary N) is 2. The number of aryl methyl sites for hydroxylation is 1. The van der Waals surface area contributed by atoms with Crippen LogP contribution < -0.4 is 10.6 Å². The summed E-state index contributed by atoms with van der Waals surface area (Å²) in [7, 11) is 1.80. The summed E-state index contributed by atoms with van der Waals surface area (Å²) in [4.78, 5) is 5.57. The summed E-state index contributed by atoms with van der Waals surface area (Å²) in [6.07, 6.45) is 5.65. The fourth-order valence-electron chi connectivity index (χ4n) is 1.97. The van der Waals surface area contributed by atoms with E-state index in [0.29, 0.717) is 0 Å². The third-order valence-electron chi connectivity index (χ3n) is 3.15. The van der Waals surface area contributed by atoms with Gasteiger partial charge in [0.15, 0.2) is 5.96 Å². The zero-order chi connectivity index (χ0) is 14.9. The van der Waals surface area contributed by atoms with Gasteiger partial charge < -0.3 is 15.2 Å². The van der Waals surface area contributed by atoms with E-state index < -0.39 is 0 Å². The molecule has 1 unspecified atom stereocenters. The fourth-order valence-corrected chi connectivity index (χ4v) is 2.71. The molecule has 0 saturated heterocycles. The first kappa shape index (κ1) is 15.5. The summed E-state index contributed by atoms with van der Waals surface area (Å²) in [6, 6.07) is 4.47. The average molecular weight is 306 g/mol. The third-order valence-corrected chi connectivity index (χ3v) is 4.20. The van der Waals surface area contributed by atoms with Crippen molar-refractivity contribution in [3.8, 4) is 0 Å². The maximum absolute atomic E-state index is 4.26. The van der Waals surface area contributed by atoms with Crippen molar-refractivity contribution < 1.29 is 0 Å². The second-order valence-electron chi connectivity index (χ2n) is 4.79. The highest BCUT2D eigenvalue weighted by Gasteiger charge is 2.07. The van der Waals surface area contributed by atoms with Gasteiger partial charge in [0, 0.05) is 25.0 Å². The van der Waals surface area contributed by atoms with Crippen molar-refractivity contribution in [1.82, 2.24) is 25.4 Å². The molecule has 2 N–H and O–H groups in total. The van der Waals surface area contributed by atoms with E-state index in [4.69, 9.17) is 0 Å². The lowest BCUT2D eigenvalue weighted by atomic mass is 10.3. The van der Waals surface area contributed by atoms with Gasteiger partial charge in [-0.3, -0.25) is 4.99 Å². The predicted octanol–water partition coefficient (Wildman–Crippen LogP) is 2.05. The topological polar surface area (TPSA) is 67.1 Å². The Kier molecular flexibility index (Phi) is 6.21. The molecule has 1 atom stereocenters. The molecule has 6 nitrogen and oxygen atoms in total. The van der Waals surface area contributed by atoms with Gasteiger partial charge in [-0.05, 0) is 31.2 Å². The van der Waals surface area contributed by atoms with Crippen LogP contribution in [-0.4, -0.2) is 34.3 Å². The van der Waals surface area contributed by atoms with Crippen LogP contribution in [0.5, 0.6) is 0 Å². The van der Waals surface area contributed by atoms with Crippen LogP contribution in [0.4, 0.5) is 0 Å². The molecular formula is C14H22N6S. The first-order valence-corrected chi connectivity index (χ1v) is 8.00. The van der Waals surface area contributed by atoms with Crippen LogP contribution in [0.15, 0.2) is 35.2 Å². The van der Waals surface area contributed by atoms with Crippen LogP contribution in [-0.2, 0) is 6.54 Å². The Bertz CT molecular complexity index is 520. The number of unbranched alkanes of at least 4 members (excludes halogenated alkanes) is 1. The Morgan fingerprint density at radius 2 is 2.19 bits per heavy atom. The highest BCUT2D eigenvalue weighted by Crippen LogP contribution is 2.17. The molecule has 2 rings (SSSR count). The maximum atomic E-state index is 4.26. The van der Waals surface area contributed by atoms with E-state index in [1.54, 1.807) is 31.0 Å². The molecule has 0 aromatic carbocycles. The number of thiophene rings is 1.